The summed E-state index contributed by atoms with van der Waals surface area (Å²) in [6.45, 7) is 0. The van der Waals surface area contributed by atoms with Gasteiger partial charge in [-0.1, -0.05) is 152 Å². The van der Waals surface area contributed by atoms with Crippen molar-refractivity contribution in [3.63, 3.8) is 0 Å². The van der Waals surface area contributed by atoms with Gasteiger partial charge in [0.05, 0.1) is 22.6 Å². The molecular formula is C51H34N4. The maximum Gasteiger partial charge on any atom is 0.160 e. The van der Waals surface area contributed by atoms with E-state index in [4.69, 9.17) is 15.0 Å². The first kappa shape index (κ1) is 32.2. The Hall–Kier alpha value is -7.43. The van der Waals surface area contributed by atoms with Gasteiger partial charge < -0.3 is 4.90 Å². The van der Waals surface area contributed by atoms with Gasteiger partial charge in [0.15, 0.2) is 5.82 Å². The molecule has 8 aromatic carbocycles. The van der Waals surface area contributed by atoms with Crippen LogP contribution in [0.1, 0.15) is 0 Å². The Morgan fingerprint density at radius 1 is 0.327 bits per heavy atom. The number of para-hydroxylation sites is 2. The number of hydrogen-bond donors (Lipinski definition) is 0. The second-order valence-electron chi connectivity index (χ2n) is 13.7. The number of rotatable bonds is 7. The minimum absolute atomic E-state index is 0.690. The van der Waals surface area contributed by atoms with Gasteiger partial charge in [-0.25, -0.2) is 15.0 Å². The highest BCUT2D eigenvalue weighted by Crippen LogP contribution is 2.42. The molecule has 0 N–H and O–H groups in total. The number of aromatic nitrogens is 3. The summed E-state index contributed by atoms with van der Waals surface area (Å²) in [4.78, 5) is 17.9. The first-order valence-electron chi connectivity index (χ1n) is 18.5. The Morgan fingerprint density at radius 3 is 1.44 bits per heavy atom. The van der Waals surface area contributed by atoms with Gasteiger partial charge in [0.2, 0.25) is 0 Å². The molecule has 0 spiro atoms. The largest absolute Gasteiger partial charge is 0.310 e. The van der Waals surface area contributed by atoms with Crippen molar-refractivity contribution < 1.29 is 0 Å². The van der Waals surface area contributed by atoms with Crippen molar-refractivity contribution in [2.75, 3.05) is 4.90 Å². The lowest BCUT2D eigenvalue weighted by Crippen LogP contribution is -2.09. The molecule has 2 heterocycles. The molecular weight excluding hydrogens is 669 g/mol. The summed E-state index contributed by atoms with van der Waals surface area (Å²) in [5.41, 5.74) is 11.1. The summed E-state index contributed by atoms with van der Waals surface area (Å²) in [6.07, 6.45) is 0. The summed E-state index contributed by atoms with van der Waals surface area (Å²) in [5, 5.41) is 5.63. The molecule has 0 bridgehead atoms. The number of fused-ring (bicyclic) bond motifs is 5. The van der Waals surface area contributed by atoms with Gasteiger partial charge in [0, 0.05) is 55.5 Å². The van der Waals surface area contributed by atoms with Crippen LogP contribution < -0.4 is 4.90 Å². The Kier molecular flexibility index (Phi) is 8.12. The van der Waals surface area contributed by atoms with Crippen LogP contribution in [0.4, 0.5) is 17.1 Å². The zero-order valence-corrected chi connectivity index (χ0v) is 29.9. The Labute approximate surface area is 319 Å². The van der Waals surface area contributed by atoms with Gasteiger partial charge >= 0.3 is 0 Å². The summed E-state index contributed by atoms with van der Waals surface area (Å²) in [7, 11) is 0. The van der Waals surface area contributed by atoms with E-state index < -0.39 is 0 Å². The molecule has 0 aliphatic carbocycles. The molecule has 0 aliphatic rings. The molecule has 0 fully saturated rings. The third-order valence-electron chi connectivity index (χ3n) is 10.2. The van der Waals surface area contributed by atoms with Crippen LogP contribution in [0.3, 0.4) is 0 Å². The zero-order valence-electron chi connectivity index (χ0n) is 29.9. The second-order valence-corrected chi connectivity index (χ2v) is 13.7. The highest BCUT2D eigenvalue weighted by atomic mass is 15.1. The van der Waals surface area contributed by atoms with E-state index in [0.717, 1.165) is 83.5 Å². The van der Waals surface area contributed by atoms with Crippen LogP contribution in [0.25, 0.3) is 77.6 Å². The number of pyridine rings is 1. The van der Waals surface area contributed by atoms with E-state index in [1.165, 1.54) is 5.39 Å². The van der Waals surface area contributed by atoms with Crippen LogP contribution in [0.5, 0.6) is 0 Å². The average molecular weight is 703 g/mol. The van der Waals surface area contributed by atoms with E-state index in [1.807, 2.05) is 36.4 Å². The lowest BCUT2D eigenvalue weighted by molar-refractivity contribution is 1.18. The van der Waals surface area contributed by atoms with Crippen LogP contribution in [-0.2, 0) is 0 Å². The molecule has 0 atom stereocenters. The molecule has 0 saturated carbocycles. The standard InChI is InChI=1S/C51H34N4/c1-6-16-35(17-7-1)47-34-48(36-18-8-2-9-19-36)54-51(53-47)39-27-29-43-38(32-39)26-30-44-49(43)45-33-42(28-31-46(45)52-50(44)37-20-10-3-11-21-37)55(40-22-12-4-13-23-40)41-24-14-5-15-25-41/h1-34H. The van der Waals surface area contributed by atoms with Crippen LogP contribution in [0.15, 0.2) is 206 Å². The van der Waals surface area contributed by atoms with Crippen LogP contribution >= 0.6 is 0 Å². The molecule has 4 heteroatoms. The summed E-state index contributed by atoms with van der Waals surface area (Å²) < 4.78 is 0. The maximum atomic E-state index is 5.33. The van der Waals surface area contributed by atoms with E-state index in [9.17, 15) is 0 Å². The molecule has 0 radical (unpaired) electrons. The van der Waals surface area contributed by atoms with Crippen LogP contribution in [0.2, 0.25) is 0 Å². The third kappa shape index (κ3) is 6.06. The van der Waals surface area contributed by atoms with Gasteiger partial charge in [-0.2, -0.15) is 0 Å². The minimum atomic E-state index is 0.690. The number of nitrogens with zero attached hydrogens (tertiary/aromatic N) is 4. The Morgan fingerprint density at radius 2 is 0.855 bits per heavy atom. The van der Waals surface area contributed by atoms with E-state index >= 15 is 0 Å². The van der Waals surface area contributed by atoms with Gasteiger partial charge in [-0.15, -0.1) is 0 Å². The smallest absolute Gasteiger partial charge is 0.160 e. The molecule has 2 aromatic heterocycles. The van der Waals surface area contributed by atoms with Crippen molar-refractivity contribution in [1.29, 1.82) is 0 Å². The molecule has 55 heavy (non-hydrogen) atoms. The van der Waals surface area contributed by atoms with E-state index in [0.29, 0.717) is 5.82 Å². The molecule has 0 amide bonds. The highest BCUT2D eigenvalue weighted by Gasteiger charge is 2.18. The SMILES string of the molecule is c1ccc(-c2cc(-c3ccccc3)nc(-c3ccc4c(ccc5c(-c6ccccc6)nc6ccc(N(c7ccccc7)c7ccccc7)cc6c54)c3)n2)cc1. The van der Waals surface area contributed by atoms with E-state index in [1.54, 1.807) is 0 Å². The Bertz CT molecular complexity index is 2850. The lowest BCUT2D eigenvalue weighted by Gasteiger charge is -2.26. The van der Waals surface area contributed by atoms with Crippen molar-refractivity contribution in [2.45, 2.75) is 0 Å². The van der Waals surface area contributed by atoms with Crippen molar-refractivity contribution in [3.8, 4) is 45.2 Å². The minimum Gasteiger partial charge on any atom is -0.310 e. The van der Waals surface area contributed by atoms with Gasteiger partial charge in [0.25, 0.3) is 0 Å². The number of hydrogen-bond acceptors (Lipinski definition) is 4. The molecule has 10 aromatic rings. The molecule has 0 aliphatic heterocycles. The fourth-order valence-corrected chi connectivity index (χ4v) is 7.61. The van der Waals surface area contributed by atoms with Crippen molar-refractivity contribution in [3.05, 3.63) is 206 Å². The van der Waals surface area contributed by atoms with Crippen molar-refractivity contribution in [1.82, 2.24) is 15.0 Å². The van der Waals surface area contributed by atoms with Gasteiger partial charge in [-0.05, 0) is 65.4 Å². The molecule has 10 rings (SSSR count). The van der Waals surface area contributed by atoms with Gasteiger partial charge in [0.1, 0.15) is 0 Å². The third-order valence-corrected chi connectivity index (χ3v) is 10.2. The Balaban J connectivity index is 1.20. The zero-order chi connectivity index (χ0) is 36.6. The van der Waals surface area contributed by atoms with Crippen molar-refractivity contribution in [2.24, 2.45) is 0 Å². The monoisotopic (exact) mass is 702 g/mol. The fraction of sp³-hybridized carbons (Fsp3) is 0. The summed E-state index contributed by atoms with van der Waals surface area (Å²) in [5.74, 6) is 0.690. The molecule has 4 nitrogen and oxygen atoms in total. The number of anilines is 3. The predicted octanol–water partition coefficient (Wildman–Crippen LogP) is 13.5. The normalized spacial score (nSPS) is 11.3. The van der Waals surface area contributed by atoms with E-state index in [-0.39, 0.29) is 0 Å². The summed E-state index contributed by atoms with van der Waals surface area (Å²) >= 11 is 0. The first-order valence-corrected chi connectivity index (χ1v) is 18.5. The molecule has 0 unspecified atom stereocenters. The fourth-order valence-electron chi connectivity index (χ4n) is 7.61. The lowest BCUT2D eigenvalue weighted by atomic mass is 9.94. The summed E-state index contributed by atoms with van der Waals surface area (Å²) in [6, 6.07) is 72.0. The van der Waals surface area contributed by atoms with Gasteiger partial charge in [-0.3, -0.25) is 0 Å². The number of benzene rings is 8. The second kappa shape index (κ2) is 13.8. The quantitative estimate of drug-likeness (QED) is 0.155. The molecule has 258 valence electrons. The maximum absolute atomic E-state index is 5.33. The van der Waals surface area contributed by atoms with Crippen molar-refractivity contribution >= 4 is 49.5 Å². The average Bonchev–Trinajstić information content (AvgIpc) is 3.27. The van der Waals surface area contributed by atoms with E-state index in [2.05, 4.69) is 175 Å². The highest BCUT2D eigenvalue weighted by molar-refractivity contribution is 6.23. The topological polar surface area (TPSA) is 41.9 Å². The predicted molar refractivity (Wildman–Crippen MR) is 229 cm³/mol. The van der Waals surface area contributed by atoms with Crippen LogP contribution in [0, 0.1) is 0 Å². The molecule has 0 saturated heterocycles. The first-order chi connectivity index (χ1) is 27.3. The van der Waals surface area contributed by atoms with Crippen LogP contribution in [-0.4, -0.2) is 15.0 Å².